The van der Waals surface area contributed by atoms with Crippen molar-refractivity contribution in [1.29, 1.82) is 0 Å². The number of benzene rings is 1. The molecule has 0 radical (unpaired) electrons. The third kappa shape index (κ3) is 9.25. The van der Waals surface area contributed by atoms with E-state index in [9.17, 15) is 38.4 Å². The average Bonchev–Trinajstić information content (AvgIpc) is 3.93. The molecule has 18 nitrogen and oxygen atoms in total. The highest BCUT2D eigenvalue weighted by molar-refractivity contribution is 5.98. The molecule has 1 amide bonds. The van der Waals surface area contributed by atoms with Crippen LogP contribution in [0.15, 0.2) is 42.9 Å². The topological polar surface area (TPSA) is 268 Å². The van der Waals surface area contributed by atoms with E-state index in [1.165, 1.54) is 0 Å². The highest BCUT2D eigenvalue weighted by Crippen LogP contribution is 2.28. The van der Waals surface area contributed by atoms with Crippen LogP contribution >= 0.6 is 0 Å². The highest BCUT2D eigenvalue weighted by atomic mass is 19.4. The first-order valence-electron chi connectivity index (χ1n) is 17.9. The van der Waals surface area contributed by atoms with Gasteiger partial charge in [-0.25, -0.2) is 19.1 Å². The number of anilines is 1. The molecule has 0 saturated carbocycles. The number of nitrogens with one attached hydrogen (secondary N) is 2. The summed E-state index contributed by atoms with van der Waals surface area (Å²) in [6.07, 6.45) is -4.01. The molecular formula is C35H45F3N10O8. The summed E-state index contributed by atoms with van der Waals surface area (Å²) in [5.74, 6) is -2.40. The van der Waals surface area contributed by atoms with Crippen LogP contribution in [0.3, 0.4) is 0 Å². The van der Waals surface area contributed by atoms with Gasteiger partial charge in [-0.05, 0) is 56.5 Å². The number of imidazole rings is 1. The van der Waals surface area contributed by atoms with Gasteiger partial charge in [-0.15, -0.1) is 0 Å². The molecule has 1 aliphatic heterocycles. The van der Waals surface area contributed by atoms with Gasteiger partial charge in [-0.3, -0.25) is 9.48 Å². The molecule has 0 aliphatic carbocycles. The van der Waals surface area contributed by atoms with E-state index >= 15 is 0 Å². The van der Waals surface area contributed by atoms with Crippen LogP contribution in [0.1, 0.15) is 49.0 Å². The number of nitrogens with zero attached hydrogens (tertiary/aromatic N) is 7. The normalized spacial score (nSPS) is 16.3. The number of aryl methyl sites for hydroxylation is 2. The van der Waals surface area contributed by atoms with Crippen molar-refractivity contribution in [2.45, 2.75) is 83.0 Å². The van der Waals surface area contributed by atoms with Gasteiger partial charge in [0.05, 0.1) is 38.0 Å². The van der Waals surface area contributed by atoms with Crippen LogP contribution in [-0.4, -0.2) is 128 Å². The number of carboxylic acid groups (broad SMARTS) is 1. The molecule has 4 atom stereocenters. The smallest absolute Gasteiger partial charge is 0.430 e. The predicted molar refractivity (Wildman–Crippen MR) is 191 cm³/mol. The lowest BCUT2D eigenvalue weighted by atomic mass is 10.0. The molecule has 56 heavy (non-hydrogen) atoms. The van der Waals surface area contributed by atoms with Crippen molar-refractivity contribution >= 4 is 39.9 Å². The molecule has 0 bridgehead atoms. The summed E-state index contributed by atoms with van der Waals surface area (Å²) < 4.78 is 37.9. The lowest BCUT2D eigenvalue weighted by Gasteiger charge is -2.35. The zero-order valence-electron chi connectivity index (χ0n) is 30.6. The van der Waals surface area contributed by atoms with Crippen LogP contribution in [0.2, 0.25) is 0 Å². The van der Waals surface area contributed by atoms with Crippen molar-refractivity contribution < 1.29 is 58.0 Å². The number of likely N-dealkylation sites (tertiary alicyclic amines) is 1. The van der Waals surface area contributed by atoms with E-state index in [-0.39, 0.29) is 30.6 Å². The van der Waals surface area contributed by atoms with Crippen molar-refractivity contribution in [1.82, 2.24) is 39.5 Å². The number of carboxylic acids is 1. The Balaban J connectivity index is 0.000000784. The summed E-state index contributed by atoms with van der Waals surface area (Å²) in [7, 11) is 0. The molecule has 1 aliphatic rings. The number of amides is 1. The number of aliphatic hydroxyl groups excluding tert-OH is 5. The molecule has 0 spiro atoms. The summed E-state index contributed by atoms with van der Waals surface area (Å²) in [4.78, 5) is 35.5. The minimum Gasteiger partial charge on any atom is -0.542 e. The average molecular weight is 791 g/mol. The number of piperidine rings is 1. The molecule has 0 unspecified atom stereocenters. The number of aromatic amines is 1. The van der Waals surface area contributed by atoms with Crippen molar-refractivity contribution in [3.63, 3.8) is 0 Å². The van der Waals surface area contributed by atoms with Crippen molar-refractivity contribution in [2.24, 2.45) is 0 Å². The van der Waals surface area contributed by atoms with E-state index in [4.69, 9.17) is 20.7 Å². The number of aromatic nitrogens is 7. The van der Waals surface area contributed by atoms with Crippen molar-refractivity contribution in [3.8, 4) is 11.1 Å². The third-order valence-corrected chi connectivity index (χ3v) is 9.71. The van der Waals surface area contributed by atoms with Gasteiger partial charge in [0.15, 0.2) is 28.2 Å². The molecule has 9 N–H and O–H groups in total. The lowest BCUT2D eigenvalue weighted by Crippen LogP contribution is -2.50. The molecule has 5 heterocycles. The van der Waals surface area contributed by atoms with Gasteiger partial charge < -0.3 is 56.4 Å². The fourth-order valence-corrected chi connectivity index (χ4v) is 6.75. The Morgan fingerprint density at radius 3 is 2.38 bits per heavy atom. The summed E-state index contributed by atoms with van der Waals surface area (Å²) in [6, 6.07) is 8.23. The number of aliphatic hydroxyl groups is 5. The Kier molecular flexibility index (Phi) is 13.3. The fraction of sp³-hybridized carbons (Fsp3) is 0.486. The van der Waals surface area contributed by atoms with E-state index < -0.39 is 49.1 Å². The number of aliphatic carboxylic acids is 1. The summed E-state index contributed by atoms with van der Waals surface area (Å²) >= 11 is 0. The maximum atomic E-state index is 13.2. The van der Waals surface area contributed by atoms with Crippen molar-refractivity contribution in [3.05, 3.63) is 54.4 Å². The van der Waals surface area contributed by atoms with Gasteiger partial charge >= 0.3 is 6.18 Å². The molecular weight excluding hydrogens is 745 g/mol. The Bertz CT molecular complexity index is 2130. The van der Waals surface area contributed by atoms with Crippen LogP contribution in [0.4, 0.5) is 19.0 Å². The zero-order valence-corrected chi connectivity index (χ0v) is 30.6. The third-order valence-electron chi connectivity index (χ3n) is 9.71. The number of hydrogen-bond donors (Lipinski definition) is 8. The molecule has 1 aromatic carbocycles. The van der Waals surface area contributed by atoms with Crippen molar-refractivity contribution in [2.75, 3.05) is 32.0 Å². The maximum Gasteiger partial charge on any atom is 0.430 e. The number of carbonyl (C=O) groups is 2. The first kappa shape index (κ1) is 42.0. The number of alkyl halides is 3. The second-order valence-electron chi connectivity index (χ2n) is 13.3. The molecule has 1 saturated heterocycles. The number of nitrogen functional groups attached to an aromatic ring is 1. The molecule has 21 heteroatoms. The van der Waals surface area contributed by atoms with Gasteiger partial charge in [0.25, 0.3) is 11.7 Å². The molecule has 4 aromatic heterocycles. The standard InChI is InChI=1S/C33H44N10O6.C2HF3O2/c1-3-41-23-6-5-19(13-24(23)42(4-2)27(41)15-36-33(49)28-31(34)39-32-22(38-28)7-10-35-32)20-14-37-43(16-20)21-8-11-40(12-9-21)17-25(45)29(47)30(48)26(46)18-44;3-2(4,5)1(6)7/h5-7,10,13-14,16,21,25-26,29-30,44-48H,3-4,8-9,11-12,15,17-18H2,1-2H3,(H3-,34,35,36,38,39,49);(H,6,7)/t25-,26+,29+,30+;/m0./s1. The second-order valence-corrected chi connectivity index (χ2v) is 13.3. The fourth-order valence-electron chi connectivity index (χ4n) is 6.75. The minimum atomic E-state index is -5.19. The predicted octanol–water partition coefficient (Wildman–Crippen LogP) is -1.01. The Morgan fingerprint density at radius 1 is 1.07 bits per heavy atom. The van der Waals surface area contributed by atoms with Crippen LogP contribution in [0, 0.1) is 0 Å². The first-order chi connectivity index (χ1) is 26.6. The van der Waals surface area contributed by atoms with Gasteiger partial charge in [-0.2, -0.15) is 18.3 Å². The van der Waals surface area contributed by atoms with Gasteiger partial charge in [0.1, 0.15) is 36.3 Å². The number of H-pyrrole nitrogens is 1. The second kappa shape index (κ2) is 17.7. The van der Waals surface area contributed by atoms with E-state index in [1.54, 1.807) is 12.3 Å². The monoisotopic (exact) mass is 790 g/mol. The maximum absolute atomic E-state index is 13.2. The van der Waals surface area contributed by atoms with Crippen LogP contribution in [0.25, 0.3) is 33.3 Å². The highest BCUT2D eigenvalue weighted by Gasteiger charge is 2.33. The lowest BCUT2D eigenvalue weighted by molar-refractivity contribution is -0.676. The number of nitrogens with two attached hydrogens (primary N) is 1. The SMILES string of the molecule is CCn1c(CNC(=O)c2nc3cc[nH]c3nc2N)[n+](CC)c2ccc(-c3cnn(C4CCN(C[C@H](O)[C@@H](O)[C@H](O)[C@H](O)CO)CC4)c3)cc21.O=C([O-])C(F)(F)F. The van der Waals surface area contributed by atoms with Gasteiger partial charge in [0, 0.05) is 37.6 Å². The van der Waals surface area contributed by atoms with Crippen LogP contribution < -0.4 is 20.7 Å². The van der Waals surface area contributed by atoms with Crippen LogP contribution in [0.5, 0.6) is 0 Å². The number of β-amino-alcohol motifs (C(OH)–C–C–N with tert-alkyl or cyclic N) is 1. The number of hydrogen-bond acceptors (Lipinski definition) is 13. The molecule has 304 valence electrons. The number of carbonyl (C=O) groups excluding carboxylic acids is 2. The molecule has 1 fully saturated rings. The van der Waals surface area contributed by atoms with Gasteiger partial charge in [-0.1, -0.05) is 0 Å². The molecule has 5 aromatic rings. The zero-order chi connectivity index (χ0) is 40.9. The summed E-state index contributed by atoms with van der Waals surface area (Å²) in [6.45, 7) is 6.58. The number of rotatable bonds is 13. The quantitative estimate of drug-likeness (QED) is 0.0666. The van der Waals surface area contributed by atoms with Gasteiger partial charge in [0.2, 0.25) is 0 Å². The number of halogens is 3. The summed E-state index contributed by atoms with van der Waals surface area (Å²) in [5.41, 5.74) is 11.3. The Labute approximate surface area is 317 Å². The van der Waals surface area contributed by atoms with E-state index in [0.29, 0.717) is 37.3 Å². The van der Waals surface area contributed by atoms with Crippen LogP contribution in [-0.2, 0) is 24.4 Å². The first-order valence-corrected chi connectivity index (χ1v) is 17.9. The molecule has 6 rings (SSSR count). The largest absolute Gasteiger partial charge is 0.542 e. The van der Waals surface area contributed by atoms with E-state index in [2.05, 4.69) is 66.5 Å². The van der Waals surface area contributed by atoms with E-state index in [1.807, 2.05) is 22.0 Å². The Hall–Kier alpha value is -5.19. The number of fused-ring (bicyclic) bond motifs is 2. The van der Waals surface area contributed by atoms with E-state index in [0.717, 1.165) is 40.8 Å². The minimum absolute atomic E-state index is 0.0637. The Morgan fingerprint density at radius 2 is 1.75 bits per heavy atom. The summed E-state index contributed by atoms with van der Waals surface area (Å²) in [5, 5.41) is 65.5.